The third kappa shape index (κ3) is 3.57. The lowest BCUT2D eigenvalue weighted by Crippen LogP contribution is -2.26. The standard InChI is InChI=1S/C18H27FN2/c1-18(2,3)14-8-9-21(12-14)17-7-4-13(10-16(17)19)11-20-15-5-6-15/h4,7,10,14-15,20H,5-6,8-9,11-12H2,1-3H3. The molecule has 116 valence electrons. The van der Waals surface area contributed by atoms with E-state index in [1.54, 1.807) is 6.07 Å². The molecule has 0 radical (unpaired) electrons. The molecule has 0 spiro atoms. The van der Waals surface area contributed by atoms with E-state index in [9.17, 15) is 4.39 Å². The fourth-order valence-corrected chi connectivity index (χ4v) is 3.15. The SMILES string of the molecule is CC(C)(C)C1CCN(c2ccc(CNC3CC3)cc2F)C1. The Morgan fingerprint density at radius 3 is 2.57 bits per heavy atom. The highest BCUT2D eigenvalue weighted by Gasteiger charge is 2.32. The highest BCUT2D eigenvalue weighted by Crippen LogP contribution is 2.36. The fraction of sp³-hybridized carbons (Fsp3) is 0.667. The van der Waals surface area contributed by atoms with Gasteiger partial charge in [-0.3, -0.25) is 0 Å². The van der Waals surface area contributed by atoms with E-state index >= 15 is 0 Å². The number of rotatable bonds is 4. The smallest absolute Gasteiger partial charge is 0.146 e. The Hall–Kier alpha value is -1.09. The highest BCUT2D eigenvalue weighted by molar-refractivity contribution is 5.50. The molecular weight excluding hydrogens is 263 g/mol. The molecule has 1 aliphatic carbocycles. The largest absolute Gasteiger partial charge is 0.369 e. The first-order chi connectivity index (χ1) is 9.93. The Morgan fingerprint density at radius 1 is 1.24 bits per heavy atom. The molecule has 1 heterocycles. The van der Waals surface area contributed by atoms with E-state index in [-0.39, 0.29) is 5.82 Å². The molecule has 0 aromatic heterocycles. The number of nitrogens with one attached hydrogen (secondary N) is 1. The van der Waals surface area contributed by atoms with Crippen LogP contribution in [0.15, 0.2) is 18.2 Å². The van der Waals surface area contributed by atoms with Crippen LogP contribution in [0.1, 0.15) is 45.6 Å². The van der Waals surface area contributed by atoms with Gasteiger partial charge in [-0.25, -0.2) is 4.39 Å². The lowest BCUT2D eigenvalue weighted by atomic mass is 9.80. The van der Waals surface area contributed by atoms with Crippen molar-refractivity contribution in [2.45, 2.75) is 52.6 Å². The minimum atomic E-state index is -0.0698. The zero-order valence-electron chi connectivity index (χ0n) is 13.5. The predicted molar refractivity (Wildman–Crippen MR) is 86.0 cm³/mol. The van der Waals surface area contributed by atoms with Gasteiger partial charge in [-0.05, 0) is 48.3 Å². The van der Waals surface area contributed by atoms with Crippen molar-refractivity contribution in [1.82, 2.24) is 5.32 Å². The first-order valence-corrected chi connectivity index (χ1v) is 8.20. The zero-order valence-corrected chi connectivity index (χ0v) is 13.5. The van der Waals surface area contributed by atoms with Gasteiger partial charge >= 0.3 is 0 Å². The monoisotopic (exact) mass is 290 g/mol. The van der Waals surface area contributed by atoms with E-state index in [0.29, 0.717) is 17.4 Å². The minimum absolute atomic E-state index is 0.0698. The summed E-state index contributed by atoms with van der Waals surface area (Å²) in [5, 5.41) is 3.44. The van der Waals surface area contributed by atoms with Crippen LogP contribution in [0.3, 0.4) is 0 Å². The molecule has 1 saturated heterocycles. The van der Waals surface area contributed by atoms with Crippen molar-refractivity contribution >= 4 is 5.69 Å². The Morgan fingerprint density at radius 2 is 2.00 bits per heavy atom. The Labute approximate surface area is 127 Å². The van der Waals surface area contributed by atoms with Gasteiger partial charge in [0, 0.05) is 25.7 Å². The molecule has 1 unspecified atom stereocenters. The van der Waals surface area contributed by atoms with Crippen molar-refractivity contribution in [3.8, 4) is 0 Å². The molecule has 1 saturated carbocycles. The molecule has 1 aromatic rings. The molecule has 2 fully saturated rings. The van der Waals surface area contributed by atoms with Gasteiger partial charge in [0.2, 0.25) is 0 Å². The first-order valence-electron chi connectivity index (χ1n) is 8.20. The van der Waals surface area contributed by atoms with Crippen molar-refractivity contribution in [3.05, 3.63) is 29.6 Å². The molecule has 0 bridgehead atoms. The van der Waals surface area contributed by atoms with Gasteiger partial charge in [0.15, 0.2) is 0 Å². The van der Waals surface area contributed by atoms with Gasteiger partial charge in [0.25, 0.3) is 0 Å². The number of halogens is 1. The quantitative estimate of drug-likeness (QED) is 0.903. The summed E-state index contributed by atoms with van der Waals surface area (Å²) in [4.78, 5) is 2.21. The molecular formula is C18H27FN2. The van der Waals surface area contributed by atoms with Crippen LogP contribution in [0, 0.1) is 17.2 Å². The van der Waals surface area contributed by atoms with E-state index in [2.05, 4.69) is 37.1 Å². The lowest BCUT2D eigenvalue weighted by Gasteiger charge is -2.27. The van der Waals surface area contributed by atoms with Crippen LogP contribution in [-0.2, 0) is 6.54 Å². The van der Waals surface area contributed by atoms with Gasteiger partial charge in [-0.2, -0.15) is 0 Å². The first kappa shape index (κ1) is 14.8. The molecule has 21 heavy (non-hydrogen) atoms. The maximum atomic E-state index is 14.4. The molecule has 1 aromatic carbocycles. The maximum Gasteiger partial charge on any atom is 0.146 e. The number of hydrogen-bond acceptors (Lipinski definition) is 2. The molecule has 1 atom stereocenters. The summed E-state index contributed by atoms with van der Waals surface area (Å²) >= 11 is 0. The Kier molecular flexibility index (Phi) is 3.96. The van der Waals surface area contributed by atoms with Gasteiger partial charge in [-0.1, -0.05) is 26.8 Å². The minimum Gasteiger partial charge on any atom is -0.369 e. The van der Waals surface area contributed by atoms with Crippen molar-refractivity contribution < 1.29 is 4.39 Å². The van der Waals surface area contributed by atoms with E-state index in [1.807, 2.05) is 6.07 Å². The van der Waals surface area contributed by atoms with Crippen LogP contribution in [0.2, 0.25) is 0 Å². The van der Waals surface area contributed by atoms with E-state index in [4.69, 9.17) is 0 Å². The topological polar surface area (TPSA) is 15.3 Å². The van der Waals surface area contributed by atoms with Crippen LogP contribution in [-0.4, -0.2) is 19.1 Å². The van der Waals surface area contributed by atoms with Gasteiger partial charge in [0.1, 0.15) is 5.82 Å². The summed E-state index contributed by atoms with van der Waals surface area (Å²) in [5.74, 6) is 0.577. The number of nitrogens with zero attached hydrogens (tertiary/aromatic N) is 1. The molecule has 1 aliphatic heterocycles. The second-order valence-corrected chi connectivity index (χ2v) is 7.74. The molecule has 1 N–H and O–H groups in total. The number of hydrogen-bond donors (Lipinski definition) is 1. The number of anilines is 1. The van der Waals surface area contributed by atoms with E-state index in [1.165, 1.54) is 12.8 Å². The van der Waals surface area contributed by atoms with Crippen LogP contribution < -0.4 is 10.2 Å². The molecule has 3 heteroatoms. The third-order valence-corrected chi connectivity index (χ3v) is 4.94. The second-order valence-electron chi connectivity index (χ2n) is 7.74. The predicted octanol–water partition coefficient (Wildman–Crippen LogP) is 3.95. The summed E-state index contributed by atoms with van der Waals surface area (Å²) in [6, 6.07) is 6.40. The summed E-state index contributed by atoms with van der Waals surface area (Å²) in [7, 11) is 0. The average Bonchev–Trinajstić information content (AvgIpc) is 3.10. The van der Waals surface area contributed by atoms with Crippen LogP contribution in [0.5, 0.6) is 0 Å². The summed E-state index contributed by atoms with van der Waals surface area (Å²) in [6.45, 7) is 9.57. The molecule has 2 aliphatic rings. The van der Waals surface area contributed by atoms with Crippen LogP contribution >= 0.6 is 0 Å². The van der Waals surface area contributed by atoms with Crippen molar-refractivity contribution in [1.29, 1.82) is 0 Å². The van der Waals surface area contributed by atoms with Crippen LogP contribution in [0.4, 0.5) is 10.1 Å². The van der Waals surface area contributed by atoms with Crippen molar-refractivity contribution in [2.75, 3.05) is 18.0 Å². The second kappa shape index (κ2) is 5.60. The molecule has 2 nitrogen and oxygen atoms in total. The van der Waals surface area contributed by atoms with Crippen molar-refractivity contribution in [3.63, 3.8) is 0 Å². The third-order valence-electron chi connectivity index (χ3n) is 4.94. The van der Waals surface area contributed by atoms with Gasteiger partial charge in [0.05, 0.1) is 5.69 Å². The van der Waals surface area contributed by atoms with Crippen LogP contribution in [0.25, 0.3) is 0 Å². The molecule has 3 rings (SSSR count). The summed E-state index contributed by atoms with van der Waals surface area (Å²) in [6.07, 6.45) is 3.69. The van der Waals surface area contributed by atoms with E-state index in [0.717, 1.165) is 37.3 Å². The normalized spacial score (nSPS) is 22.9. The van der Waals surface area contributed by atoms with E-state index < -0.39 is 0 Å². The van der Waals surface area contributed by atoms with Gasteiger partial charge < -0.3 is 10.2 Å². The number of benzene rings is 1. The Balaban J connectivity index is 1.65. The highest BCUT2D eigenvalue weighted by atomic mass is 19.1. The fourth-order valence-electron chi connectivity index (χ4n) is 3.15. The Bertz CT molecular complexity index is 502. The van der Waals surface area contributed by atoms with Crippen molar-refractivity contribution in [2.24, 2.45) is 11.3 Å². The summed E-state index contributed by atoms with van der Waals surface area (Å²) < 4.78 is 14.4. The van der Waals surface area contributed by atoms with Gasteiger partial charge in [-0.15, -0.1) is 0 Å². The zero-order chi connectivity index (χ0) is 15.0. The molecule has 0 amide bonds. The lowest BCUT2D eigenvalue weighted by molar-refractivity contribution is 0.263. The summed E-state index contributed by atoms with van der Waals surface area (Å²) in [5.41, 5.74) is 2.13. The average molecular weight is 290 g/mol. The maximum absolute atomic E-state index is 14.4.